The minimum atomic E-state index is -0.311. The summed E-state index contributed by atoms with van der Waals surface area (Å²) in [7, 11) is 0. The molecule has 0 aliphatic heterocycles. The van der Waals surface area contributed by atoms with E-state index in [2.05, 4.69) is 5.32 Å². The number of rotatable bonds is 4. The van der Waals surface area contributed by atoms with Gasteiger partial charge in [0.1, 0.15) is 5.82 Å². The van der Waals surface area contributed by atoms with Gasteiger partial charge in [0.2, 0.25) is 5.91 Å². The molecule has 1 N–H and O–H groups in total. The topological polar surface area (TPSA) is 34.0 Å². The Labute approximate surface area is 128 Å². The number of hydrogen-bond donors (Lipinski definition) is 1. The van der Waals surface area contributed by atoms with Crippen LogP contribution in [0.1, 0.15) is 12.0 Å². The van der Waals surface area contributed by atoms with Crippen LogP contribution < -0.4 is 5.32 Å². The Bertz CT molecular complexity index is 823. The van der Waals surface area contributed by atoms with Crippen LogP contribution in [0.5, 0.6) is 0 Å². The van der Waals surface area contributed by atoms with Gasteiger partial charge in [0.15, 0.2) is 0 Å². The lowest BCUT2D eigenvalue weighted by molar-refractivity contribution is -0.116. The summed E-state index contributed by atoms with van der Waals surface area (Å²) in [5.74, 6) is -0.435. The molecule has 3 rings (SSSR count). The smallest absolute Gasteiger partial charge is 0.226 e. The number of nitrogens with zero attached hydrogens (tertiary/aromatic N) is 1. The van der Waals surface area contributed by atoms with Gasteiger partial charge in [-0.1, -0.05) is 24.3 Å². The van der Waals surface area contributed by atoms with Gasteiger partial charge in [-0.05, 0) is 42.1 Å². The molecule has 3 nitrogen and oxygen atoms in total. The van der Waals surface area contributed by atoms with Crippen LogP contribution in [0, 0.1) is 12.7 Å². The molecule has 0 radical (unpaired) electrons. The average molecular weight is 296 g/mol. The summed E-state index contributed by atoms with van der Waals surface area (Å²) >= 11 is 0. The lowest BCUT2D eigenvalue weighted by Gasteiger charge is -2.08. The number of benzene rings is 2. The Morgan fingerprint density at radius 3 is 2.82 bits per heavy atom. The fourth-order valence-corrected chi connectivity index (χ4v) is 2.45. The van der Waals surface area contributed by atoms with E-state index in [1.54, 1.807) is 19.1 Å². The molecule has 3 aromatic rings. The predicted octanol–water partition coefficient (Wildman–Crippen LogP) is 4.12. The van der Waals surface area contributed by atoms with E-state index in [-0.39, 0.29) is 11.7 Å². The quantitative estimate of drug-likeness (QED) is 0.772. The minimum absolute atomic E-state index is 0.124. The second-order valence-electron chi connectivity index (χ2n) is 5.33. The normalized spacial score (nSPS) is 10.8. The van der Waals surface area contributed by atoms with Crippen LogP contribution in [0.2, 0.25) is 0 Å². The number of para-hydroxylation sites is 1. The summed E-state index contributed by atoms with van der Waals surface area (Å²) in [5, 5.41) is 3.88. The van der Waals surface area contributed by atoms with Gasteiger partial charge in [-0.3, -0.25) is 4.79 Å². The number of carbonyl (C=O) groups excluding carboxylic acids is 1. The molecule has 1 aromatic heterocycles. The second-order valence-corrected chi connectivity index (χ2v) is 5.33. The van der Waals surface area contributed by atoms with Gasteiger partial charge in [0, 0.05) is 30.4 Å². The van der Waals surface area contributed by atoms with Crippen molar-refractivity contribution in [3.8, 4) is 0 Å². The molecule has 0 saturated heterocycles. The standard InChI is InChI=1S/C18H17FN2O/c1-13-6-7-15(12-16(13)19)20-18(22)9-11-21-10-8-14-4-2-3-5-17(14)21/h2-8,10,12H,9,11H2,1H3,(H,20,22). The molecule has 1 heterocycles. The van der Waals surface area contributed by atoms with Crippen molar-refractivity contribution in [3.05, 3.63) is 66.1 Å². The van der Waals surface area contributed by atoms with Crippen molar-refractivity contribution in [2.75, 3.05) is 5.32 Å². The number of amides is 1. The van der Waals surface area contributed by atoms with Crippen molar-refractivity contribution in [3.63, 3.8) is 0 Å². The Kier molecular flexibility index (Phi) is 3.92. The minimum Gasteiger partial charge on any atom is -0.347 e. The first-order valence-corrected chi connectivity index (χ1v) is 7.23. The SMILES string of the molecule is Cc1ccc(NC(=O)CCn2ccc3ccccc32)cc1F. The van der Waals surface area contributed by atoms with E-state index in [9.17, 15) is 9.18 Å². The number of anilines is 1. The summed E-state index contributed by atoms with van der Waals surface area (Å²) in [6.45, 7) is 2.28. The van der Waals surface area contributed by atoms with E-state index in [4.69, 9.17) is 0 Å². The molecule has 0 fully saturated rings. The Morgan fingerprint density at radius 2 is 2.00 bits per heavy atom. The molecule has 0 spiro atoms. The van der Waals surface area contributed by atoms with Crippen molar-refractivity contribution < 1.29 is 9.18 Å². The third-order valence-corrected chi connectivity index (χ3v) is 3.72. The van der Waals surface area contributed by atoms with Crippen LogP contribution >= 0.6 is 0 Å². The number of aryl methyl sites for hydroxylation is 2. The maximum absolute atomic E-state index is 13.5. The molecular formula is C18H17FN2O. The molecule has 112 valence electrons. The number of aromatic nitrogens is 1. The summed E-state index contributed by atoms with van der Waals surface area (Å²) in [6.07, 6.45) is 2.32. The van der Waals surface area contributed by atoms with Crippen LogP contribution in [-0.2, 0) is 11.3 Å². The maximum Gasteiger partial charge on any atom is 0.226 e. The number of halogens is 1. The monoisotopic (exact) mass is 296 g/mol. The molecule has 22 heavy (non-hydrogen) atoms. The van der Waals surface area contributed by atoms with Crippen LogP contribution in [0.15, 0.2) is 54.7 Å². The molecule has 4 heteroatoms. The number of fused-ring (bicyclic) bond motifs is 1. The zero-order valence-corrected chi connectivity index (χ0v) is 12.3. The van der Waals surface area contributed by atoms with Crippen LogP contribution in [-0.4, -0.2) is 10.5 Å². The molecule has 1 amide bonds. The summed E-state index contributed by atoms with van der Waals surface area (Å²) < 4.78 is 15.5. The highest BCUT2D eigenvalue weighted by atomic mass is 19.1. The highest BCUT2D eigenvalue weighted by molar-refractivity contribution is 5.90. The van der Waals surface area contributed by atoms with Gasteiger partial charge in [-0.15, -0.1) is 0 Å². The zero-order chi connectivity index (χ0) is 15.5. The number of carbonyl (C=O) groups is 1. The Hall–Kier alpha value is -2.62. The van der Waals surface area contributed by atoms with Gasteiger partial charge in [0.25, 0.3) is 0 Å². The highest BCUT2D eigenvalue weighted by Gasteiger charge is 2.06. The van der Waals surface area contributed by atoms with Gasteiger partial charge in [0.05, 0.1) is 0 Å². The largest absolute Gasteiger partial charge is 0.347 e. The zero-order valence-electron chi connectivity index (χ0n) is 12.3. The summed E-state index contributed by atoms with van der Waals surface area (Å²) in [6, 6.07) is 14.8. The molecular weight excluding hydrogens is 279 g/mol. The van der Waals surface area contributed by atoms with E-state index in [1.165, 1.54) is 6.07 Å². The molecule has 0 atom stereocenters. The molecule has 0 bridgehead atoms. The number of nitrogens with one attached hydrogen (secondary N) is 1. The van der Waals surface area contributed by atoms with Crippen LogP contribution in [0.3, 0.4) is 0 Å². The highest BCUT2D eigenvalue weighted by Crippen LogP contribution is 2.16. The first-order chi connectivity index (χ1) is 10.6. The first-order valence-electron chi connectivity index (χ1n) is 7.23. The summed E-state index contributed by atoms with van der Waals surface area (Å²) in [5.41, 5.74) is 2.17. The van der Waals surface area contributed by atoms with Crippen molar-refractivity contribution >= 4 is 22.5 Å². The van der Waals surface area contributed by atoms with Gasteiger partial charge in [-0.2, -0.15) is 0 Å². The average Bonchev–Trinajstić information content (AvgIpc) is 2.92. The summed E-state index contributed by atoms with van der Waals surface area (Å²) in [4.78, 5) is 12.0. The molecule has 0 unspecified atom stereocenters. The number of hydrogen-bond acceptors (Lipinski definition) is 1. The van der Waals surface area contributed by atoms with E-state index < -0.39 is 0 Å². The molecule has 0 saturated carbocycles. The Morgan fingerprint density at radius 1 is 1.18 bits per heavy atom. The lowest BCUT2D eigenvalue weighted by atomic mass is 10.2. The third-order valence-electron chi connectivity index (χ3n) is 3.72. The van der Waals surface area contributed by atoms with Crippen molar-refractivity contribution in [2.45, 2.75) is 19.9 Å². The lowest BCUT2D eigenvalue weighted by Crippen LogP contribution is -2.14. The Balaban J connectivity index is 1.63. The molecule has 0 aliphatic rings. The second kappa shape index (κ2) is 6.02. The van der Waals surface area contributed by atoms with Crippen molar-refractivity contribution in [2.24, 2.45) is 0 Å². The fraction of sp³-hybridized carbons (Fsp3) is 0.167. The molecule has 2 aromatic carbocycles. The van der Waals surface area contributed by atoms with E-state index >= 15 is 0 Å². The van der Waals surface area contributed by atoms with Crippen molar-refractivity contribution in [1.82, 2.24) is 4.57 Å². The van der Waals surface area contributed by atoms with Crippen LogP contribution in [0.25, 0.3) is 10.9 Å². The first kappa shape index (κ1) is 14.3. The fourth-order valence-electron chi connectivity index (χ4n) is 2.45. The van der Waals surface area contributed by atoms with Crippen molar-refractivity contribution in [1.29, 1.82) is 0 Å². The van der Waals surface area contributed by atoms with Gasteiger partial charge < -0.3 is 9.88 Å². The molecule has 0 aliphatic carbocycles. The van der Waals surface area contributed by atoms with Crippen LogP contribution in [0.4, 0.5) is 10.1 Å². The third kappa shape index (κ3) is 3.01. The van der Waals surface area contributed by atoms with E-state index in [1.807, 2.05) is 41.1 Å². The van der Waals surface area contributed by atoms with Gasteiger partial charge >= 0.3 is 0 Å². The van der Waals surface area contributed by atoms with E-state index in [0.29, 0.717) is 24.2 Å². The van der Waals surface area contributed by atoms with Gasteiger partial charge in [-0.25, -0.2) is 4.39 Å². The predicted molar refractivity (Wildman–Crippen MR) is 86.3 cm³/mol. The maximum atomic E-state index is 13.5. The van der Waals surface area contributed by atoms with E-state index in [0.717, 1.165) is 10.9 Å².